The number of hydrogen-bond acceptors (Lipinski definition) is 9. The maximum absolute atomic E-state index is 14.3. The van der Waals surface area contributed by atoms with Gasteiger partial charge in [-0.25, -0.2) is 10.2 Å². The van der Waals surface area contributed by atoms with Crippen molar-refractivity contribution in [1.29, 1.82) is 0 Å². The van der Waals surface area contributed by atoms with Crippen LogP contribution in [0.2, 0.25) is 0 Å². The van der Waals surface area contributed by atoms with E-state index in [1.54, 1.807) is 53.1 Å². The Kier molecular flexibility index (Phi) is 13.4. The van der Waals surface area contributed by atoms with E-state index in [1.165, 1.54) is 0 Å². The van der Waals surface area contributed by atoms with E-state index in [0.29, 0.717) is 78.9 Å². The van der Waals surface area contributed by atoms with Crippen LogP contribution in [0.25, 0.3) is 21.7 Å². The number of alkyl halides is 1. The van der Waals surface area contributed by atoms with E-state index < -0.39 is 6.09 Å². The summed E-state index contributed by atoms with van der Waals surface area (Å²) in [4.78, 5) is 62.0. The van der Waals surface area contributed by atoms with Crippen molar-refractivity contribution in [1.82, 2.24) is 20.2 Å². The molecular formula is C44H48BrN7O7. The van der Waals surface area contributed by atoms with Gasteiger partial charge in [0, 0.05) is 84.2 Å². The summed E-state index contributed by atoms with van der Waals surface area (Å²) >= 11 is 3.69. The van der Waals surface area contributed by atoms with Crippen LogP contribution in [0.1, 0.15) is 58.2 Å². The number of hydrogen-bond donors (Lipinski definition) is 3. The number of aromatic nitrogens is 1. The molecule has 2 aliphatic heterocycles. The molecule has 4 aromatic carbocycles. The second kappa shape index (κ2) is 19.0. The lowest BCUT2D eigenvalue weighted by atomic mass is 9.95. The molecule has 0 aliphatic carbocycles. The average molecular weight is 867 g/mol. The number of aromatic amines is 1. The van der Waals surface area contributed by atoms with E-state index in [-0.39, 0.29) is 36.7 Å². The van der Waals surface area contributed by atoms with Crippen LogP contribution in [0.15, 0.2) is 84.0 Å². The molecule has 308 valence electrons. The quantitative estimate of drug-likeness (QED) is 0.0480. The zero-order valence-corrected chi connectivity index (χ0v) is 35.0. The van der Waals surface area contributed by atoms with E-state index in [9.17, 15) is 19.2 Å². The first-order chi connectivity index (χ1) is 28.6. The van der Waals surface area contributed by atoms with Crippen molar-refractivity contribution in [2.24, 2.45) is 5.10 Å². The molecule has 1 atom stereocenters. The Bertz CT molecular complexity index is 2370. The van der Waals surface area contributed by atoms with Gasteiger partial charge >= 0.3 is 6.09 Å². The Hall–Kier alpha value is -5.61. The number of carbonyl (C=O) groups excluding carboxylic acids is 4. The summed E-state index contributed by atoms with van der Waals surface area (Å²) in [6.45, 7) is 8.65. The largest absolute Gasteiger partial charge is 0.415 e. The predicted octanol–water partition coefficient (Wildman–Crippen LogP) is 6.74. The molecule has 1 aromatic heterocycles. The molecule has 3 N–H and O–H groups in total. The Morgan fingerprint density at radius 2 is 1.61 bits per heavy atom. The number of ether oxygens (including phenoxy) is 3. The fourth-order valence-electron chi connectivity index (χ4n) is 7.30. The number of piperazine rings is 1. The highest BCUT2D eigenvalue weighted by atomic mass is 79.9. The van der Waals surface area contributed by atoms with Gasteiger partial charge in [-0.05, 0) is 73.8 Å². The molecule has 15 heteroatoms. The number of amides is 4. The molecule has 7 rings (SSSR count). The Morgan fingerprint density at radius 3 is 2.36 bits per heavy atom. The molecule has 0 radical (unpaired) electrons. The number of H-pyrrole nitrogens is 1. The van der Waals surface area contributed by atoms with Gasteiger partial charge in [0.25, 0.3) is 11.8 Å². The maximum atomic E-state index is 14.3. The fraction of sp³-hybridized carbons (Fsp3) is 0.341. The molecule has 2 aliphatic rings. The number of benzene rings is 4. The zero-order chi connectivity index (χ0) is 41.5. The number of halogens is 1. The van der Waals surface area contributed by atoms with Crippen LogP contribution in [0.4, 0.5) is 16.2 Å². The molecule has 1 saturated heterocycles. The highest BCUT2D eigenvalue weighted by Crippen LogP contribution is 2.46. The number of rotatable bonds is 14. The van der Waals surface area contributed by atoms with Gasteiger partial charge in [-0.3, -0.25) is 14.4 Å². The Labute approximate surface area is 351 Å². The molecule has 5 aromatic rings. The van der Waals surface area contributed by atoms with Crippen molar-refractivity contribution >= 4 is 78.5 Å². The summed E-state index contributed by atoms with van der Waals surface area (Å²) in [7, 11) is 2.03. The second-order valence-electron chi connectivity index (χ2n) is 14.6. The molecule has 0 spiro atoms. The van der Waals surface area contributed by atoms with Crippen LogP contribution in [0, 0.1) is 0 Å². The van der Waals surface area contributed by atoms with Gasteiger partial charge in [0.15, 0.2) is 0 Å². The summed E-state index contributed by atoms with van der Waals surface area (Å²) in [5.41, 5.74) is 7.75. The standard InChI is InChI=1S/C44H48BrN7O7/c1-4-57-21-22-58-20-15-40(53)49-48-28(2)29-9-11-30(12-10-29)42(54)46-33-13-14-36-31(23-33)24-37(47-36)43(55)52-27-32(26-45)41-35-8-6-5-7-34(35)39(25-38(41)52)59-44(56)51-18-16-50(3)17-19-51/h5-14,23-25,32,47H,4,15-22,26-27H2,1-3H3,(H,46,54)(H,49,53)/b48-28+/t32-/m1/s1. The number of nitrogens with one attached hydrogen (secondary N) is 3. The highest BCUT2D eigenvalue weighted by molar-refractivity contribution is 9.09. The number of anilines is 2. The van der Waals surface area contributed by atoms with Crippen LogP contribution < -0.4 is 20.4 Å². The third-order valence-corrected chi connectivity index (χ3v) is 11.4. The van der Waals surface area contributed by atoms with Gasteiger partial charge in [0.05, 0.1) is 37.6 Å². The second-order valence-corrected chi connectivity index (χ2v) is 15.2. The van der Waals surface area contributed by atoms with Crippen LogP contribution in [0.3, 0.4) is 0 Å². The van der Waals surface area contributed by atoms with Crippen molar-refractivity contribution < 1.29 is 33.4 Å². The van der Waals surface area contributed by atoms with Crippen molar-refractivity contribution in [3.05, 3.63) is 101 Å². The van der Waals surface area contributed by atoms with Crippen LogP contribution in [0.5, 0.6) is 5.75 Å². The molecule has 1 fully saturated rings. The summed E-state index contributed by atoms with van der Waals surface area (Å²) in [5.74, 6) is -0.349. The number of carbonyl (C=O) groups is 4. The van der Waals surface area contributed by atoms with E-state index in [1.807, 2.05) is 56.4 Å². The lowest BCUT2D eigenvalue weighted by Crippen LogP contribution is -2.48. The van der Waals surface area contributed by atoms with Gasteiger partial charge < -0.3 is 39.2 Å². The fourth-order valence-corrected chi connectivity index (χ4v) is 7.82. The molecule has 0 bridgehead atoms. The smallest absolute Gasteiger partial charge is 0.409 e. The van der Waals surface area contributed by atoms with E-state index in [0.717, 1.165) is 45.9 Å². The monoisotopic (exact) mass is 865 g/mol. The van der Waals surface area contributed by atoms with Crippen molar-refractivity contribution in [3.63, 3.8) is 0 Å². The van der Waals surface area contributed by atoms with Crippen LogP contribution in [-0.4, -0.2) is 116 Å². The number of likely N-dealkylation sites (N-methyl/N-ethyl adjacent to an activating group) is 1. The van der Waals surface area contributed by atoms with E-state index >= 15 is 0 Å². The lowest BCUT2D eigenvalue weighted by Gasteiger charge is -2.31. The first-order valence-corrected chi connectivity index (χ1v) is 20.9. The first kappa shape index (κ1) is 41.5. The molecule has 3 heterocycles. The number of fused-ring (bicyclic) bond motifs is 4. The average Bonchev–Trinajstić information content (AvgIpc) is 3.85. The summed E-state index contributed by atoms with van der Waals surface area (Å²) in [6.07, 6.45) is -0.226. The Morgan fingerprint density at radius 1 is 0.881 bits per heavy atom. The van der Waals surface area contributed by atoms with Crippen LogP contribution >= 0.6 is 15.9 Å². The minimum absolute atomic E-state index is 0.0188. The SMILES string of the molecule is CCOCCOCCC(=O)N/N=C(\C)c1ccc(C(=O)Nc2ccc3[nH]c(C(=O)N4C[C@@H](CBr)c5c4cc(OC(=O)N4CCN(C)CC4)c4ccccc54)cc3c2)cc1. The van der Waals surface area contributed by atoms with Gasteiger partial charge in [-0.2, -0.15) is 5.10 Å². The van der Waals surface area contributed by atoms with Crippen molar-refractivity contribution in [2.75, 3.05) is 81.7 Å². The molecule has 59 heavy (non-hydrogen) atoms. The molecule has 0 saturated carbocycles. The molecule has 0 unspecified atom stereocenters. The summed E-state index contributed by atoms with van der Waals surface area (Å²) < 4.78 is 16.6. The number of nitrogens with zero attached hydrogens (tertiary/aromatic N) is 4. The maximum Gasteiger partial charge on any atom is 0.415 e. The van der Waals surface area contributed by atoms with E-state index in [2.05, 4.69) is 41.7 Å². The minimum Gasteiger partial charge on any atom is -0.409 e. The summed E-state index contributed by atoms with van der Waals surface area (Å²) in [5, 5.41) is 10.3. The van der Waals surface area contributed by atoms with Gasteiger partial charge in [-0.1, -0.05) is 52.3 Å². The lowest BCUT2D eigenvalue weighted by molar-refractivity contribution is -0.122. The molecule has 14 nitrogen and oxygen atoms in total. The van der Waals surface area contributed by atoms with Gasteiger partial charge in [-0.15, -0.1) is 0 Å². The summed E-state index contributed by atoms with van der Waals surface area (Å²) in [6, 6.07) is 23.8. The highest BCUT2D eigenvalue weighted by Gasteiger charge is 2.36. The molecular weight excluding hydrogens is 818 g/mol. The minimum atomic E-state index is -0.402. The van der Waals surface area contributed by atoms with Crippen molar-refractivity contribution in [3.8, 4) is 5.75 Å². The third kappa shape index (κ3) is 9.65. The van der Waals surface area contributed by atoms with Gasteiger partial charge in [0.1, 0.15) is 11.4 Å². The van der Waals surface area contributed by atoms with Crippen molar-refractivity contribution in [2.45, 2.75) is 26.2 Å². The zero-order valence-electron chi connectivity index (χ0n) is 33.4. The van der Waals surface area contributed by atoms with Gasteiger partial charge in [0.2, 0.25) is 5.91 Å². The normalized spacial score (nSPS) is 15.7. The predicted molar refractivity (Wildman–Crippen MR) is 232 cm³/mol. The molecule has 4 amide bonds. The third-order valence-electron chi connectivity index (χ3n) is 10.6. The first-order valence-electron chi connectivity index (χ1n) is 19.8. The van der Waals surface area contributed by atoms with E-state index in [4.69, 9.17) is 14.2 Å². The topological polar surface area (TPSA) is 158 Å². The Balaban J connectivity index is 1.02. The van der Waals surface area contributed by atoms with Crippen LogP contribution in [-0.2, 0) is 14.3 Å². The number of hydrazone groups is 1.